The molecule has 1 rings (SSSR count). The summed E-state index contributed by atoms with van der Waals surface area (Å²) in [6, 6.07) is 0. The van der Waals surface area contributed by atoms with Gasteiger partial charge in [0.05, 0.1) is 25.9 Å². The standard InChI is InChI=1S/C13H28N2O2/c1-3-13(2)17-10-6-14-5-4-7-15-8-11-16-12-9-15/h13-14H,3-12H2,1-2H3. The van der Waals surface area contributed by atoms with Crippen LogP contribution in [-0.4, -0.2) is 63.5 Å². The van der Waals surface area contributed by atoms with Crippen LogP contribution in [0, 0.1) is 0 Å². The van der Waals surface area contributed by atoms with Gasteiger partial charge in [0.1, 0.15) is 0 Å². The van der Waals surface area contributed by atoms with Crippen LogP contribution in [0.4, 0.5) is 0 Å². The van der Waals surface area contributed by atoms with Gasteiger partial charge in [-0.2, -0.15) is 0 Å². The molecule has 1 fully saturated rings. The maximum absolute atomic E-state index is 5.60. The highest BCUT2D eigenvalue weighted by atomic mass is 16.5. The lowest BCUT2D eigenvalue weighted by molar-refractivity contribution is 0.0372. The van der Waals surface area contributed by atoms with Crippen LogP contribution in [-0.2, 0) is 9.47 Å². The second kappa shape index (κ2) is 9.83. The average molecular weight is 244 g/mol. The number of ether oxygens (including phenoxy) is 2. The fourth-order valence-electron chi connectivity index (χ4n) is 1.83. The Morgan fingerprint density at radius 3 is 2.76 bits per heavy atom. The maximum Gasteiger partial charge on any atom is 0.0594 e. The van der Waals surface area contributed by atoms with Crippen molar-refractivity contribution in [2.75, 3.05) is 52.5 Å². The second-order valence-electron chi connectivity index (χ2n) is 4.65. The number of nitrogens with one attached hydrogen (secondary N) is 1. The average Bonchev–Trinajstić information content (AvgIpc) is 2.38. The summed E-state index contributed by atoms with van der Waals surface area (Å²) < 4.78 is 10.9. The lowest BCUT2D eigenvalue weighted by Crippen LogP contribution is -2.37. The third kappa shape index (κ3) is 7.71. The van der Waals surface area contributed by atoms with Gasteiger partial charge in [-0.15, -0.1) is 0 Å². The first-order chi connectivity index (χ1) is 8.33. The van der Waals surface area contributed by atoms with Crippen LogP contribution in [0.1, 0.15) is 26.7 Å². The Hall–Kier alpha value is -0.160. The normalized spacial score (nSPS) is 19.4. The Bertz CT molecular complexity index is 173. The van der Waals surface area contributed by atoms with E-state index >= 15 is 0 Å². The van der Waals surface area contributed by atoms with E-state index in [1.54, 1.807) is 0 Å². The highest BCUT2D eigenvalue weighted by Crippen LogP contribution is 1.97. The molecule has 1 saturated heterocycles. The van der Waals surface area contributed by atoms with Gasteiger partial charge in [0, 0.05) is 19.6 Å². The van der Waals surface area contributed by atoms with E-state index in [0.717, 1.165) is 52.4 Å². The summed E-state index contributed by atoms with van der Waals surface area (Å²) in [6.45, 7) is 12.3. The molecule has 1 unspecified atom stereocenters. The van der Waals surface area contributed by atoms with Gasteiger partial charge in [-0.25, -0.2) is 0 Å². The van der Waals surface area contributed by atoms with Crippen molar-refractivity contribution in [3.8, 4) is 0 Å². The molecule has 1 N–H and O–H groups in total. The van der Waals surface area contributed by atoms with Crippen molar-refractivity contribution in [2.45, 2.75) is 32.8 Å². The Morgan fingerprint density at radius 2 is 2.06 bits per heavy atom. The van der Waals surface area contributed by atoms with Crippen LogP contribution >= 0.6 is 0 Å². The number of morpholine rings is 1. The highest BCUT2D eigenvalue weighted by molar-refractivity contribution is 4.62. The summed E-state index contributed by atoms with van der Waals surface area (Å²) in [5.74, 6) is 0. The van der Waals surface area contributed by atoms with Gasteiger partial charge in [0.25, 0.3) is 0 Å². The molecule has 1 aliphatic rings. The van der Waals surface area contributed by atoms with Gasteiger partial charge >= 0.3 is 0 Å². The Morgan fingerprint density at radius 1 is 1.29 bits per heavy atom. The van der Waals surface area contributed by atoms with Crippen LogP contribution in [0.3, 0.4) is 0 Å². The van der Waals surface area contributed by atoms with Gasteiger partial charge < -0.3 is 14.8 Å². The molecule has 0 aromatic heterocycles. The molecule has 0 radical (unpaired) electrons. The van der Waals surface area contributed by atoms with Crippen LogP contribution in [0.5, 0.6) is 0 Å². The molecule has 0 aromatic rings. The smallest absolute Gasteiger partial charge is 0.0594 e. The quantitative estimate of drug-likeness (QED) is 0.616. The number of hydrogen-bond donors (Lipinski definition) is 1. The van der Waals surface area contributed by atoms with Crippen molar-refractivity contribution >= 4 is 0 Å². The third-order valence-corrected chi connectivity index (χ3v) is 3.19. The highest BCUT2D eigenvalue weighted by Gasteiger charge is 2.08. The second-order valence-corrected chi connectivity index (χ2v) is 4.65. The molecule has 1 aliphatic heterocycles. The van der Waals surface area contributed by atoms with Gasteiger partial charge in [0.2, 0.25) is 0 Å². The minimum Gasteiger partial charge on any atom is -0.379 e. The van der Waals surface area contributed by atoms with Crippen molar-refractivity contribution in [1.29, 1.82) is 0 Å². The van der Waals surface area contributed by atoms with Crippen LogP contribution < -0.4 is 5.32 Å². The summed E-state index contributed by atoms with van der Waals surface area (Å²) in [5.41, 5.74) is 0. The Labute approximate surface area is 106 Å². The van der Waals surface area contributed by atoms with E-state index in [2.05, 4.69) is 24.1 Å². The minimum atomic E-state index is 0.394. The van der Waals surface area contributed by atoms with E-state index in [1.165, 1.54) is 13.0 Å². The molecular weight excluding hydrogens is 216 g/mol. The van der Waals surface area contributed by atoms with E-state index in [4.69, 9.17) is 9.47 Å². The zero-order chi connectivity index (χ0) is 12.3. The molecule has 1 heterocycles. The molecular formula is C13H28N2O2. The molecule has 0 spiro atoms. The van der Waals surface area contributed by atoms with E-state index in [-0.39, 0.29) is 0 Å². The van der Waals surface area contributed by atoms with Crippen molar-refractivity contribution < 1.29 is 9.47 Å². The molecule has 0 saturated carbocycles. The van der Waals surface area contributed by atoms with Gasteiger partial charge in [-0.05, 0) is 32.9 Å². The first-order valence-electron chi connectivity index (χ1n) is 6.95. The zero-order valence-corrected chi connectivity index (χ0v) is 11.4. The molecule has 1 atom stereocenters. The summed E-state index contributed by atoms with van der Waals surface area (Å²) in [4.78, 5) is 2.47. The lowest BCUT2D eigenvalue weighted by Gasteiger charge is -2.26. The van der Waals surface area contributed by atoms with Crippen molar-refractivity contribution in [3.63, 3.8) is 0 Å². The van der Waals surface area contributed by atoms with Gasteiger partial charge in [0.15, 0.2) is 0 Å². The van der Waals surface area contributed by atoms with Crippen molar-refractivity contribution in [3.05, 3.63) is 0 Å². The molecule has 0 aromatic carbocycles. The SMILES string of the molecule is CCC(C)OCCNCCCN1CCOCC1. The maximum atomic E-state index is 5.60. The van der Waals surface area contributed by atoms with E-state index < -0.39 is 0 Å². The van der Waals surface area contributed by atoms with Crippen LogP contribution in [0.25, 0.3) is 0 Å². The van der Waals surface area contributed by atoms with Crippen molar-refractivity contribution in [1.82, 2.24) is 10.2 Å². The number of rotatable bonds is 9. The largest absolute Gasteiger partial charge is 0.379 e. The predicted octanol–water partition coefficient (Wildman–Crippen LogP) is 1.11. The minimum absolute atomic E-state index is 0.394. The first-order valence-corrected chi connectivity index (χ1v) is 6.95. The van der Waals surface area contributed by atoms with E-state index in [9.17, 15) is 0 Å². The summed E-state index contributed by atoms with van der Waals surface area (Å²) in [6.07, 6.45) is 2.70. The summed E-state index contributed by atoms with van der Waals surface area (Å²) in [5, 5.41) is 3.42. The van der Waals surface area contributed by atoms with Crippen LogP contribution in [0.2, 0.25) is 0 Å². The summed E-state index contributed by atoms with van der Waals surface area (Å²) >= 11 is 0. The molecule has 17 heavy (non-hydrogen) atoms. The predicted molar refractivity (Wildman–Crippen MR) is 70.5 cm³/mol. The molecule has 0 aliphatic carbocycles. The topological polar surface area (TPSA) is 33.7 Å². The van der Waals surface area contributed by atoms with E-state index in [0.29, 0.717) is 6.10 Å². The Balaban J connectivity index is 1.80. The number of nitrogens with zero attached hydrogens (tertiary/aromatic N) is 1. The van der Waals surface area contributed by atoms with Gasteiger partial charge in [-0.1, -0.05) is 6.92 Å². The first kappa shape index (κ1) is 14.9. The van der Waals surface area contributed by atoms with E-state index in [1.807, 2.05) is 0 Å². The number of hydrogen-bond acceptors (Lipinski definition) is 4. The molecule has 4 nitrogen and oxygen atoms in total. The molecule has 102 valence electrons. The Kier molecular flexibility index (Phi) is 8.61. The fraction of sp³-hybridized carbons (Fsp3) is 1.00. The fourth-order valence-corrected chi connectivity index (χ4v) is 1.83. The van der Waals surface area contributed by atoms with Crippen LogP contribution in [0.15, 0.2) is 0 Å². The summed E-state index contributed by atoms with van der Waals surface area (Å²) in [7, 11) is 0. The third-order valence-electron chi connectivity index (χ3n) is 3.19. The zero-order valence-electron chi connectivity index (χ0n) is 11.4. The molecule has 0 bridgehead atoms. The van der Waals surface area contributed by atoms with Crippen molar-refractivity contribution in [2.24, 2.45) is 0 Å². The monoisotopic (exact) mass is 244 g/mol. The lowest BCUT2D eigenvalue weighted by atomic mass is 10.3. The molecule has 0 amide bonds. The molecule has 4 heteroatoms. The van der Waals surface area contributed by atoms with Gasteiger partial charge in [-0.3, -0.25) is 4.90 Å².